The third kappa shape index (κ3) is 3.28. The van der Waals surface area contributed by atoms with Crippen molar-refractivity contribution in [2.45, 2.75) is 17.0 Å². The molecule has 0 aliphatic heterocycles. The van der Waals surface area contributed by atoms with Crippen molar-refractivity contribution in [3.8, 4) is 0 Å². The molecule has 5 nitrogen and oxygen atoms in total. The van der Waals surface area contributed by atoms with Gasteiger partial charge < -0.3 is 0 Å². The lowest BCUT2D eigenvalue weighted by atomic mass is 10.1. The Balaban J connectivity index is 2.03. The van der Waals surface area contributed by atoms with Crippen molar-refractivity contribution in [3.05, 3.63) is 41.2 Å². The summed E-state index contributed by atoms with van der Waals surface area (Å²) in [5.41, 5.74) is 3.73. The number of nitrogen functional groups attached to an aromatic ring is 1. The Labute approximate surface area is 113 Å². The number of amides is 1. The Hall–Kier alpha value is -1.44. The Morgan fingerprint density at radius 2 is 2.39 bits per heavy atom. The summed E-state index contributed by atoms with van der Waals surface area (Å²) in [5.74, 6) is 6.36. The number of nitrogens with one attached hydrogen (secondary N) is 1. The van der Waals surface area contributed by atoms with Crippen LogP contribution in [-0.2, 0) is 5.75 Å². The maximum absolute atomic E-state index is 11.4. The zero-order chi connectivity index (χ0) is 13.0. The molecule has 18 heavy (non-hydrogen) atoms. The van der Waals surface area contributed by atoms with Crippen LogP contribution in [0.5, 0.6) is 0 Å². The normalized spacial score (nSPS) is 10.3. The van der Waals surface area contributed by atoms with E-state index in [1.807, 2.05) is 25.1 Å². The summed E-state index contributed by atoms with van der Waals surface area (Å²) in [4.78, 5) is 15.7. The molecule has 1 amide bonds. The van der Waals surface area contributed by atoms with Gasteiger partial charge in [-0.3, -0.25) is 10.2 Å². The number of nitrogens with zero attached hydrogens (tertiary/aromatic N) is 2. The third-order valence-corrected chi connectivity index (χ3v) is 4.19. The molecule has 1 aromatic heterocycles. The predicted molar refractivity (Wildman–Crippen MR) is 72.3 cm³/mol. The standard InChI is InChI=1S/C11H12N4OS2/c1-7-13-11(18-15-7)17-6-8-3-2-4-9(5-8)10(16)14-12/h2-5H,6,12H2,1H3,(H,14,16). The molecule has 0 bridgehead atoms. The number of carbonyl (C=O) groups excluding carboxylic acids is 1. The van der Waals surface area contributed by atoms with Gasteiger partial charge in [0.05, 0.1) is 0 Å². The first-order valence-electron chi connectivity index (χ1n) is 5.22. The van der Waals surface area contributed by atoms with Gasteiger partial charge in [0.1, 0.15) is 5.82 Å². The van der Waals surface area contributed by atoms with Gasteiger partial charge in [-0.15, -0.1) is 0 Å². The number of rotatable bonds is 4. The SMILES string of the molecule is Cc1nsc(SCc2cccc(C(=O)NN)c2)n1. The topological polar surface area (TPSA) is 80.9 Å². The summed E-state index contributed by atoms with van der Waals surface area (Å²) in [6, 6.07) is 7.36. The van der Waals surface area contributed by atoms with E-state index in [-0.39, 0.29) is 5.91 Å². The molecular formula is C11H12N4OS2. The highest BCUT2D eigenvalue weighted by Gasteiger charge is 2.06. The molecule has 1 aromatic carbocycles. The van der Waals surface area contributed by atoms with Gasteiger partial charge in [0.15, 0.2) is 4.34 Å². The molecule has 0 unspecified atom stereocenters. The van der Waals surface area contributed by atoms with Gasteiger partial charge in [-0.2, -0.15) is 4.37 Å². The molecule has 0 atom stereocenters. The largest absolute Gasteiger partial charge is 0.290 e. The molecule has 0 saturated heterocycles. The lowest BCUT2D eigenvalue weighted by Crippen LogP contribution is -2.29. The van der Waals surface area contributed by atoms with Gasteiger partial charge in [-0.05, 0) is 36.2 Å². The summed E-state index contributed by atoms with van der Waals surface area (Å²) in [5, 5.41) is 0. The van der Waals surface area contributed by atoms with Crippen LogP contribution in [0.15, 0.2) is 28.6 Å². The van der Waals surface area contributed by atoms with Crippen LogP contribution in [0.1, 0.15) is 21.7 Å². The highest BCUT2D eigenvalue weighted by Crippen LogP contribution is 2.24. The number of aryl methyl sites for hydroxylation is 1. The summed E-state index contributed by atoms with van der Waals surface area (Å²) < 4.78 is 5.05. The summed E-state index contributed by atoms with van der Waals surface area (Å²) >= 11 is 2.99. The Bertz CT molecular complexity index is 555. The molecule has 2 rings (SSSR count). The van der Waals surface area contributed by atoms with E-state index in [4.69, 9.17) is 5.84 Å². The number of hydrazine groups is 1. The van der Waals surface area contributed by atoms with Gasteiger partial charge in [-0.25, -0.2) is 10.8 Å². The second-order valence-electron chi connectivity index (χ2n) is 3.57. The minimum atomic E-state index is -0.284. The summed E-state index contributed by atoms with van der Waals surface area (Å²) in [7, 11) is 0. The zero-order valence-electron chi connectivity index (χ0n) is 9.71. The predicted octanol–water partition coefficient (Wildman–Crippen LogP) is 1.74. The number of aromatic nitrogens is 2. The number of hydrogen-bond donors (Lipinski definition) is 2. The van der Waals surface area contributed by atoms with E-state index in [1.54, 1.807) is 17.8 Å². The van der Waals surface area contributed by atoms with E-state index >= 15 is 0 Å². The Morgan fingerprint density at radius 3 is 3.06 bits per heavy atom. The van der Waals surface area contributed by atoms with Crippen LogP contribution in [0.4, 0.5) is 0 Å². The molecule has 2 aromatic rings. The fourth-order valence-electron chi connectivity index (χ4n) is 1.37. The van der Waals surface area contributed by atoms with E-state index in [1.165, 1.54) is 11.5 Å². The first-order valence-corrected chi connectivity index (χ1v) is 6.98. The van der Waals surface area contributed by atoms with Crippen molar-refractivity contribution < 1.29 is 4.79 Å². The molecular weight excluding hydrogens is 268 g/mol. The maximum Gasteiger partial charge on any atom is 0.265 e. The number of benzene rings is 1. The maximum atomic E-state index is 11.4. The first-order chi connectivity index (χ1) is 8.69. The molecule has 1 heterocycles. The van der Waals surface area contributed by atoms with Crippen LogP contribution in [0.25, 0.3) is 0 Å². The van der Waals surface area contributed by atoms with Crippen molar-refractivity contribution in [1.29, 1.82) is 0 Å². The molecule has 0 fully saturated rings. The highest BCUT2D eigenvalue weighted by atomic mass is 32.2. The second kappa shape index (κ2) is 5.94. The fourth-order valence-corrected chi connectivity index (χ4v) is 2.96. The first kappa shape index (κ1) is 13.0. The number of nitrogens with two attached hydrogens (primary N) is 1. The van der Waals surface area contributed by atoms with Crippen molar-refractivity contribution in [2.24, 2.45) is 5.84 Å². The summed E-state index contributed by atoms with van der Waals surface area (Å²) in [6.45, 7) is 1.87. The van der Waals surface area contributed by atoms with Crippen molar-refractivity contribution >= 4 is 29.2 Å². The van der Waals surface area contributed by atoms with Crippen LogP contribution in [0, 0.1) is 6.92 Å². The number of carbonyl (C=O) groups is 1. The molecule has 0 spiro atoms. The van der Waals surface area contributed by atoms with E-state index in [0.29, 0.717) is 5.56 Å². The fraction of sp³-hybridized carbons (Fsp3) is 0.182. The lowest BCUT2D eigenvalue weighted by Gasteiger charge is -2.03. The van der Waals surface area contributed by atoms with Crippen LogP contribution in [0.2, 0.25) is 0 Å². The number of thioether (sulfide) groups is 1. The van der Waals surface area contributed by atoms with Gasteiger partial charge in [0, 0.05) is 11.3 Å². The minimum absolute atomic E-state index is 0.284. The molecule has 94 valence electrons. The van der Waals surface area contributed by atoms with Gasteiger partial charge in [-0.1, -0.05) is 23.9 Å². The van der Waals surface area contributed by atoms with E-state index in [2.05, 4.69) is 14.8 Å². The lowest BCUT2D eigenvalue weighted by molar-refractivity contribution is 0.0953. The summed E-state index contributed by atoms with van der Waals surface area (Å²) in [6.07, 6.45) is 0. The van der Waals surface area contributed by atoms with E-state index in [0.717, 1.165) is 21.5 Å². The van der Waals surface area contributed by atoms with Crippen LogP contribution >= 0.6 is 23.3 Å². The van der Waals surface area contributed by atoms with Gasteiger partial charge >= 0.3 is 0 Å². The molecule has 3 N–H and O–H groups in total. The average molecular weight is 280 g/mol. The average Bonchev–Trinajstić information content (AvgIpc) is 2.81. The molecule has 7 heteroatoms. The van der Waals surface area contributed by atoms with Crippen LogP contribution in [0.3, 0.4) is 0 Å². The Kier molecular flexibility index (Phi) is 4.29. The monoisotopic (exact) mass is 280 g/mol. The van der Waals surface area contributed by atoms with Gasteiger partial charge in [0.25, 0.3) is 5.91 Å². The smallest absolute Gasteiger partial charge is 0.265 e. The third-order valence-electron chi connectivity index (χ3n) is 2.19. The molecule has 0 aliphatic carbocycles. The van der Waals surface area contributed by atoms with Crippen molar-refractivity contribution in [1.82, 2.24) is 14.8 Å². The molecule has 0 aliphatic rings. The van der Waals surface area contributed by atoms with Crippen LogP contribution in [-0.4, -0.2) is 15.3 Å². The number of hydrogen-bond acceptors (Lipinski definition) is 6. The quantitative estimate of drug-likeness (QED) is 0.386. The van der Waals surface area contributed by atoms with Gasteiger partial charge in [0.2, 0.25) is 0 Å². The van der Waals surface area contributed by atoms with E-state index < -0.39 is 0 Å². The van der Waals surface area contributed by atoms with Crippen LogP contribution < -0.4 is 11.3 Å². The minimum Gasteiger partial charge on any atom is -0.290 e. The van der Waals surface area contributed by atoms with Crippen molar-refractivity contribution in [3.63, 3.8) is 0 Å². The second-order valence-corrected chi connectivity index (χ2v) is 5.54. The molecule has 0 radical (unpaired) electrons. The highest BCUT2D eigenvalue weighted by molar-refractivity contribution is 8.00. The van der Waals surface area contributed by atoms with E-state index in [9.17, 15) is 4.79 Å². The molecule has 0 saturated carbocycles. The zero-order valence-corrected chi connectivity index (χ0v) is 11.3. The Morgan fingerprint density at radius 1 is 1.56 bits per heavy atom. The van der Waals surface area contributed by atoms with Crippen molar-refractivity contribution in [2.75, 3.05) is 0 Å².